The van der Waals surface area contributed by atoms with Crippen molar-refractivity contribution in [2.45, 2.75) is 44.8 Å². The van der Waals surface area contributed by atoms with E-state index in [-0.39, 0.29) is 30.7 Å². The van der Waals surface area contributed by atoms with Crippen molar-refractivity contribution in [2.24, 2.45) is 17.6 Å². The summed E-state index contributed by atoms with van der Waals surface area (Å²) in [5.41, 5.74) is 5.60. The summed E-state index contributed by atoms with van der Waals surface area (Å²) in [5.74, 6) is -1.58. The molecule has 6 heteroatoms. The van der Waals surface area contributed by atoms with Crippen LogP contribution in [0.3, 0.4) is 0 Å². The van der Waals surface area contributed by atoms with Crippen LogP contribution >= 0.6 is 0 Å². The lowest BCUT2D eigenvalue weighted by Gasteiger charge is -2.31. The van der Waals surface area contributed by atoms with Gasteiger partial charge in [0.2, 0.25) is 5.91 Å². The molecule has 1 unspecified atom stereocenters. The fourth-order valence-electron chi connectivity index (χ4n) is 2.50. The zero-order valence-corrected chi connectivity index (χ0v) is 10.8. The smallest absolute Gasteiger partial charge is 0.344 e. The molecule has 1 aliphatic carbocycles. The molecule has 0 heterocycles. The SMILES string of the molecule is CC(N)CN(C)C(=O)C1CCC(C(F)(F)F)CC1. The van der Waals surface area contributed by atoms with Crippen molar-refractivity contribution < 1.29 is 18.0 Å². The molecule has 0 radical (unpaired) electrons. The van der Waals surface area contributed by atoms with E-state index in [9.17, 15) is 18.0 Å². The zero-order valence-electron chi connectivity index (χ0n) is 10.8. The first-order valence-corrected chi connectivity index (χ1v) is 6.29. The molecule has 1 atom stereocenters. The number of carbonyl (C=O) groups excluding carboxylic acids is 1. The van der Waals surface area contributed by atoms with Gasteiger partial charge in [-0.2, -0.15) is 13.2 Å². The zero-order chi connectivity index (χ0) is 13.9. The van der Waals surface area contributed by atoms with Gasteiger partial charge in [-0.3, -0.25) is 4.79 Å². The third kappa shape index (κ3) is 4.15. The van der Waals surface area contributed by atoms with Crippen molar-refractivity contribution in [3.05, 3.63) is 0 Å². The molecule has 0 bridgehead atoms. The van der Waals surface area contributed by atoms with Crippen molar-refractivity contribution in [2.75, 3.05) is 13.6 Å². The van der Waals surface area contributed by atoms with E-state index >= 15 is 0 Å². The van der Waals surface area contributed by atoms with Gasteiger partial charge in [0.1, 0.15) is 0 Å². The number of nitrogens with zero attached hydrogens (tertiary/aromatic N) is 1. The molecule has 0 saturated heterocycles. The lowest BCUT2D eigenvalue weighted by Crippen LogP contribution is -2.41. The van der Waals surface area contributed by atoms with Crippen molar-refractivity contribution in [1.82, 2.24) is 4.90 Å². The number of likely N-dealkylation sites (N-methyl/N-ethyl adjacent to an activating group) is 1. The van der Waals surface area contributed by atoms with Crippen LogP contribution in [0.1, 0.15) is 32.6 Å². The second-order valence-corrected chi connectivity index (χ2v) is 5.29. The maximum absolute atomic E-state index is 12.5. The van der Waals surface area contributed by atoms with Crippen molar-refractivity contribution in [1.29, 1.82) is 0 Å². The van der Waals surface area contributed by atoms with Crippen molar-refractivity contribution >= 4 is 5.91 Å². The average molecular weight is 266 g/mol. The van der Waals surface area contributed by atoms with Gasteiger partial charge < -0.3 is 10.6 Å². The van der Waals surface area contributed by atoms with E-state index in [4.69, 9.17) is 5.73 Å². The Kier molecular flexibility index (Phi) is 5.01. The summed E-state index contributed by atoms with van der Waals surface area (Å²) in [5, 5.41) is 0. The van der Waals surface area contributed by atoms with E-state index in [2.05, 4.69) is 0 Å². The Morgan fingerprint density at radius 3 is 2.22 bits per heavy atom. The molecule has 0 aromatic carbocycles. The van der Waals surface area contributed by atoms with Gasteiger partial charge in [0.05, 0.1) is 5.92 Å². The molecular weight excluding hydrogens is 245 g/mol. The summed E-state index contributed by atoms with van der Waals surface area (Å²) in [6, 6.07) is -0.120. The van der Waals surface area contributed by atoms with Gasteiger partial charge in [-0.1, -0.05) is 0 Å². The minimum Gasteiger partial charge on any atom is -0.344 e. The van der Waals surface area contributed by atoms with Crippen LogP contribution in [0.4, 0.5) is 13.2 Å². The second-order valence-electron chi connectivity index (χ2n) is 5.29. The second kappa shape index (κ2) is 5.91. The highest BCUT2D eigenvalue weighted by atomic mass is 19.4. The molecule has 0 aromatic heterocycles. The summed E-state index contributed by atoms with van der Waals surface area (Å²) in [7, 11) is 1.65. The highest BCUT2D eigenvalue weighted by Gasteiger charge is 2.42. The topological polar surface area (TPSA) is 46.3 Å². The molecule has 3 nitrogen and oxygen atoms in total. The van der Waals surface area contributed by atoms with Crippen LogP contribution in [-0.4, -0.2) is 36.6 Å². The maximum atomic E-state index is 12.5. The molecule has 0 aliphatic heterocycles. The van der Waals surface area contributed by atoms with Crippen LogP contribution in [0.25, 0.3) is 0 Å². The van der Waals surface area contributed by atoms with Gasteiger partial charge >= 0.3 is 6.18 Å². The third-order valence-corrected chi connectivity index (χ3v) is 3.48. The lowest BCUT2D eigenvalue weighted by atomic mass is 9.81. The predicted octanol–water partition coefficient (Wildman–Crippen LogP) is 2.16. The largest absolute Gasteiger partial charge is 0.391 e. The van der Waals surface area contributed by atoms with Crippen LogP contribution in [0.2, 0.25) is 0 Å². The predicted molar refractivity (Wildman–Crippen MR) is 62.8 cm³/mol. The fraction of sp³-hybridized carbons (Fsp3) is 0.917. The van der Waals surface area contributed by atoms with Crippen molar-refractivity contribution in [3.63, 3.8) is 0 Å². The number of hydrogen-bond donors (Lipinski definition) is 1. The molecule has 1 saturated carbocycles. The minimum atomic E-state index is -4.12. The molecule has 0 spiro atoms. The van der Waals surface area contributed by atoms with E-state index in [1.165, 1.54) is 4.90 Å². The summed E-state index contributed by atoms with van der Waals surface area (Å²) in [6.07, 6.45) is -3.35. The quantitative estimate of drug-likeness (QED) is 0.851. The monoisotopic (exact) mass is 266 g/mol. The number of hydrogen-bond acceptors (Lipinski definition) is 2. The Morgan fingerprint density at radius 1 is 1.33 bits per heavy atom. The summed E-state index contributed by atoms with van der Waals surface area (Å²) in [6.45, 7) is 2.24. The van der Waals surface area contributed by atoms with E-state index in [1.54, 1.807) is 14.0 Å². The molecule has 1 aliphatic rings. The molecule has 1 amide bonds. The van der Waals surface area contributed by atoms with Crippen molar-refractivity contribution in [3.8, 4) is 0 Å². The van der Waals surface area contributed by atoms with Gasteiger partial charge in [-0.05, 0) is 32.6 Å². The molecule has 106 valence electrons. The summed E-state index contributed by atoms with van der Waals surface area (Å²) >= 11 is 0. The molecule has 0 aromatic rings. The Balaban J connectivity index is 2.45. The highest BCUT2D eigenvalue weighted by molar-refractivity contribution is 5.78. The fourth-order valence-corrected chi connectivity index (χ4v) is 2.50. The minimum absolute atomic E-state index is 0.0614. The Bertz CT molecular complexity index is 284. The standard InChI is InChI=1S/C12H21F3N2O/c1-8(16)7-17(2)11(18)9-3-5-10(6-4-9)12(13,14)15/h8-10H,3-7,16H2,1-2H3. The first-order valence-electron chi connectivity index (χ1n) is 6.29. The van der Waals surface area contributed by atoms with Crippen LogP contribution < -0.4 is 5.73 Å². The van der Waals surface area contributed by atoms with Crippen LogP contribution in [0.15, 0.2) is 0 Å². The first kappa shape index (κ1) is 15.3. The van der Waals surface area contributed by atoms with Crippen LogP contribution in [0.5, 0.6) is 0 Å². The number of halogens is 3. The molecule has 18 heavy (non-hydrogen) atoms. The summed E-state index contributed by atoms with van der Waals surface area (Å²) in [4.78, 5) is 13.5. The van der Waals surface area contributed by atoms with Gasteiger partial charge in [-0.15, -0.1) is 0 Å². The normalized spacial score (nSPS) is 26.8. The van der Waals surface area contributed by atoms with Gasteiger partial charge in [0.25, 0.3) is 0 Å². The van der Waals surface area contributed by atoms with E-state index in [0.717, 1.165) is 0 Å². The van der Waals surface area contributed by atoms with Crippen LogP contribution in [-0.2, 0) is 4.79 Å². The molecule has 1 rings (SSSR count). The summed E-state index contributed by atoms with van der Waals surface area (Å²) < 4.78 is 37.5. The van der Waals surface area contributed by atoms with Crippen LogP contribution in [0, 0.1) is 11.8 Å². The van der Waals surface area contributed by atoms with E-state index in [0.29, 0.717) is 19.4 Å². The Hall–Kier alpha value is -0.780. The number of nitrogens with two attached hydrogens (primary N) is 1. The van der Waals surface area contributed by atoms with Gasteiger partial charge in [-0.25, -0.2) is 0 Å². The molecular formula is C12H21F3N2O. The number of alkyl halides is 3. The van der Waals surface area contributed by atoms with E-state index < -0.39 is 12.1 Å². The van der Waals surface area contributed by atoms with E-state index in [1.807, 2.05) is 0 Å². The highest BCUT2D eigenvalue weighted by Crippen LogP contribution is 2.39. The number of carbonyl (C=O) groups is 1. The first-order chi connectivity index (χ1) is 8.21. The van der Waals surface area contributed by atoms with Gasteiger partial charge in [0.15, 0.2) is 0 Å². The number of amides is 1. The molecule has 1 fully saturated rings. The van der Waals surface area contributed by atoms with Gasteiger partial charge in [0, 0.05) is 25.6 Å². The maximum Gasteiger partial charge on any atom is 0.391 e. The molecule has 2 N–H and O–H groups in total. The average Bonchev–Trinajstić information content (AvgIpc) is 2.26. The third-order valence-electron chi connectivity index (χ3n) is 3.48. The number of rotatable bonds is 3. The lowest BCUT2D eigenvalue weighted by molar-refractivity contribution is -0.185. The Labute approximate surface area is 106 Å². The Morgan fingerprint density at radius 2 is 1.83 bits per heavy atom.